The molecule has 1 fully saturated rings. The number of rotatable bonds is 4. The lowest BCUT2D eigenvalue weighted by Crippen LogP contribution is -2.54. The van der Waals surface area contributed by atoms with Gasteiger partial charge in [0.25, 0.3) is 0 Å². The molecule has 1 heterocycles. The standard InChI is InChI=1S/C18H31NO2Si/c1-14-10-11-15(17(2,3)21-22(4,5)6)18(20,13-14)16-9-7-8-12-19-16/h7-9,12,14-15,20H,10-11,13H2,1-6H3/t14-,15+,18+/m0/s1. The Morgan fingerprint density at radius 1 is 1.27 bits per heavy atom. The average molecular weight is 322 g/mol. The molecule has 0 amide bonds. The van der Waals surface area contributed by atoms with Gasteiger partial charge in [0, 0.05) is 12.1 Å². The molecule has 0 aliphatic heterocycles. The summed E-state index contributed by atoms with van der Waals surface area (Å²) in [5.41, 5.74) is -0.460. The monoisotopic (exact) mass is 321 g/mol. The van der Waals surface area contributed by atoms with E-state index in [1.54, 1.807) is 6.20 Å². The summed E-state index contributed by atoms with van der Waals surface area (Å²) in [5.74, 6) is 0.573. The highest BCUT2D eigenvalue weighted by Gasteiger charge is 2.51. The van der Waals surface area contributed by atoms with Crippen molar-refractivity contribution in [1.29, 1.82) is 0 Å². The Bertz CT molecular complexity index is 498. The van der Waals surface area contributed by atoms with Crippen LogP contribution in [0.15, 0.2) is 24.4 Å². The maximum Gasteiger partial charge on any atom is 0.184 e. The van der Waals surface area contributed by atoms with E-state index in [0.29, 0.717) is 5.92 Å². The van der Waals surface area contributed by atoms with Crippen LogP contribution in [0.5, 0.6) is 0 Å². The van der Waals surface area contributed by atoms with Gasteiger partial charge in [0.2, 0.25) is 0 Å². The molecule has 3 nitrogen and oxygen atoms in total. The smallest absolute Gasteiger partial charge is 0.184 e. The number of aliphatic hydroxyl groups is 1. The van der Waals surface area contributed by atoms with Crippen molar-refractivity contribution in [3.8, 4) is 0 Å². The molecule has 1 aliphatic rings. The second-order valence-electron chi connectivity index (χ2n) is 8.40. The fourth-order valence-corrected chi connectivity index (χ4v) is 5.87. The summed E-state index contributed by atoms with van der Waals surface area (Å²) < 4.78 is 6.47. The van der Waals surface area contributed by atoms with E-state index in [4.69, 9.17) is 4.43 Å². The van der Waals surface area contributed by atoms with E-state index in [1.165, 1.54) is 0 Å². The van der Waals surface area contributed by atoms with Crippen LogP contribution < -0.4 is 0 Å². The number of hydrogen-bond acceptors (Lipinski definition) is 3. The maximum absolute atomic E-state index is 11.6. The number of nitrogens with zero attached hydrogens (tertiary/aromatic N) is 1. The molecule has 1 N–H and O–H groups in total. The topological polar surface area (TPSA) is 42.4 Å². The molecular weight excluding hydrogens is 290 g/mol. The largest absolute Gasteiger partial charge is 0.412 e. The van der Waals surface area contributed by atoms with E-state index in [0.717, 1.165) is 25.0 Å². The first-order valence-corrected chi connectivity index (χ1v) is 11.8. The molecule has 1 aliphatic carbocycles. The lowest BCUT2D eigenvalue weighted by Gasteiger charge is -2.50. The molecule has 0 unspecified atom stereocenters. The van der Waals surface area contributed by atoms with Gasteiger partial charge in [0.1, 0.15) is 5.60 Å². The van der Waals surface area contributed by atoms with Crippen LogP contribution in [0.1, 0.15) is 45.7 Å². The van der Waals surface area contributed by atoms with Gasteiger partial charge >= 0.3 is 0 Å². The summed E-state index contributed by atoms with van der Waals surface area (Å²) in [6.07, 6.45) is 4.65. The van der Waals surface area contributed by atoms with E-state index < -0.39 is 13.9 Å². The third-order valence-electron chi connectivity index (χ3n) is 4.70. The van der Waals surface area contributed by atoms with Crippen LogP contribution in [0.2, 0.25) is 19.6 Å². The van der Waals surface area contributed by atoms with Crippen LogP contribution in [0.25, 0.3) is 0 Å². The highest BCUT2D eigenvalue weighted by atomic mass is 28.4. The van der Waals surface area contributed by atoms with Gasteiger partial charge in [-0.3, -0.25) is 4.98 Å². The highest BCUT2D eigenvalue weighted by molar-refractivity contribution is 6.69. The van der Waals surface area contributed by atoms with E-state index in [1.807, 2.05) is 18.2 Å². The van der Waals surface area contributed by atoms with Crippen molar-refractivity contribution in [2.45, 2.75) is 70.9 Å². The number of aromatic nitrogens is 1. The van der Waals surface area contributed by atoms with Crippen molar-refractivity contribution in [2.75, 3.05) is 0 Å². The first-order chi connectivity index (χ1) is 10.0. The molecule has 124 valence electrons. The maximum atomic E-state index is 11.6. The fraction of sp³-hybridized carbons (Fsp3) is 0.722. The van der Waals surface area contributed by atoms with Crippen molar-refractivity contribution in [3.63, 3.8) is 0 Å². The van der Waals surface area contributed by atoms with Crippen LogP contribution in [0.3, 0.4) is 0 Å². The quantitative estimate of drug-likeness (QED) is 0.839. The summed E-state index contributed by atoms with van der Waals surface area (Å²) in [6.45, 7) is 13.1. The minimum absolute atomic E-state index is 0.0674. The Morgan fingerprint density at radius 3 is 2.50 bits per heavy atom. The Morgan fingerprint density at radius 2 is 1.95 bits per heavy atom. The van der Waals surface area contributed by atoms with E-state index in [-0.39, 0.29) is 11.5 Å². The molecule has 1 aromatic rings. The minimum atomic E-state index is -1.69. The van der Waals surface area contributed by atoms with Gasteiger partial charge in [0.15, 0.2) is 8.32 Å². The normalized spacial score (nSPS) is 30.3. The fourth-order valence-electron chi connectivity index (χ4n) is 4.15. The van der Waals surface area contributed by atoms with Crippen molar-refractivity contribution in [3.05, 3.63) is 30.1 Å². The molecule has 1 aromatic heterocycles. The zero-order valence-corrected chi connectivity index (χ0v) is 15.9. The molecule has 0 spiro atoms. The molecule has 4 heteroatoms. The Balaban J connectivity index is 2.39. The van der Waals surface area contributed by atoms with Gasteiger partial charge in [-0.25, -0.2) is 0 Å². The summed E-state index contributed by atoms with van der Waals surface area (Å²) >= 11 is 0. The second kappa shape index (κ2) is 6.06. The van der Waals surface area contributed by atoms with Crippen LogP contribution in [0.4, 0.5) is 0 Å². The molecule has 3 atom stereocenters. The summed E-state index contributed by atoms with van der Waals surface area (Å²) in [5, 5.41) is 11.6. The van der Waals surface area contributed by atoms with Crippen molar-refractivity contribution in [2.24, 2.45) is 11.8 Å². The first kappa shape index (κ1) is 17.6. The molecule has 0 bridgehead atoms. The Labute approximate surface area is 136 Å². The molecule has 2 rings (SSSR count). The van der Waals surface area contributed by atoms with Crippen molar-refractivity contribution >= 4 is 8.32 Å². The second-order valence-corrected chi connectivity index (χ2v) is 12.8. The van der Waals surface area contributed by atoms with Crippen LogP contribution in [0, 0.1) is 11.8 Å². The van der Waals surface area contributed by atoms with Gasteiger partial charge in [-0.2, -0.15) is 0 Å². The molecule has 0 saturated heterocycles. The zero-order valence-electron chi connectivity index (χ0n) is 14.9. The predicted octanol–water partition coefficient (Wildman–Crippen LogP) is 4.34. The molecule has 22 heavy (non-hydrogen) atoms. The lowest BCUT2D eigenvalue weighted by molar-refractivity contribution is -0.141. The minimum Gasteiger partial charge on any atom is -0.412 e. The first-order valence-electron chi connectivity index (χ1n) is 8.39. The predicted molar refractivity (Wildman–Crippen MR) is 93.1 cm³/mol. The zero-order chi connectivity index (χ0) is 16.6. The Hall–Kier alpha value is -0.713. The number of pyridine rings is 1. The Kier molecular flexibility index (Phi) is 4.86. The van der Waals surface area contributed by atoms with Gasteiger partial charge < -0.3 is 9.53 Å². The molecule has 0 radical (unpaired) electrons. The summed E-state index contributed by atoms with van der Waals surface area (Å²) in [4.78, 5) is 4.47. The molecular formula is C18H31NO2Si. The van der Waals surface area contributed by atoms with Crippen molar-refractivity contribution in [1.82, 2.24) is 4.98 Å². The molecule has 0 aromatic carbocycles. The van der Waals surface area contributed by atoms with Gasteiger partial charge in [-0.1, -0.05) is 19.4 Å². The third kappa shape index (κ3) is 3.78. The SMILES string of the molecule is C[C@H]1CC[C@H](C(C)(C)O[Si](C)(C)C)[C@@](O)(c2ccccn2)C1. The van der Waals surface area contributed by atoms with Crippen LogP contribution in [-0.4, -0.2) is 24.0 Å². The average Bonchev–Trinajstić information content (AvgIpc) is 2.36. The lowest BCUT2D eigenvalue weighted by atomic mass is 9.64. The summed E-state index contributed by atoms with van der Waals surface area (Å²) in [7, 11) is -1.69. The van der Waals surface area contributed by atoms with Gasteiger partial charge in [-0.05, 0) is 64.4 Å². The third-order valence-corrected chi connectivity index (χ3v) is 5.84. The van der Waals surface area contributed by atoms with E-state index in [2.05, 4.69) is 45.4 Å². The summed E-state index contributed by atoms with van der Waals surface area (Å²) in [6, 6.07) is 5.82. The van der Waals surface area contributed by atoms with Crippen LogP contribution in [-0.2, 0) is 10.0 Å². The van der Waals surface area contributed by atoms with Crippen molar-refractivity contribution < 1.29 is 9.53 Å². The van der Waals surface area contributed by atoms with E-state index >= 15 is 0 Å². The van der Waals surface area contributed by atoms with Crippen LogP contribution >= 0.6 is 0 Å². The van der Waals surface area contributed by atoms with Gasteiger partial charge in [0.05, 0.1) is 11.3 Å². The molecule has 1 saturated carbocycles. The van der Waals surface area contributed by atoms with E-state index in [9.17, 15) is 5.11 Å². The highest BCUT2D eigenvalue weighted by Crippen LogP contribution is 2.49. The number of hydrogen-bond donors (Lipinski definition) is 1. The van der Waals surface area contributed by atoms with Gasteiger partial charge in [-0.15, -0.1) is 0 Å².